The number of halogens is 2. The number of hydrogen-bond donors (Lipinski definition) is 3. The van der Waals surface area contributed by atoms with Crippen LogP contribution in [0.2, 0.25) is 0 Å². The highest BCUT2D eigenvalue weighted by Crippen LogP contribution is 2.14. The third kappa shape index (κ3) is 5.29. The molecule has 30 heavy (non-hydrogen) atoms. The van der Waals surface area contributed by atoms with E-state index in [0.717, 1.165) is 12.1 Å². The standard InChI is InChI=1S/C23H19F2N3O2/c24-18-11-10-16(19(25)13-18)12-21(28-22(29)15-6-2-1-3-7-15)23(30)27-14-17-8-4-5-9-20(17)26/h1-13H,14,26H2,(H,27,30)(H,28,29). The van der Waals surface area contributed by atoms with Gasteiger partial charge in [0.05, 0.1) is 0 Å². The van der Waals surface area contributed by atoms with E-state index in [0.29, 0.717) is 22.9 Å². The number of hydrogen-bond acceptors (Lipinski definition) is 3. The molecule has 152 valence electrons. The molecule has 7 heteroatoms. The Labute approximate surface area is 172 Å². The van der Waals surface area contributed by atoms with Gasteiger partial charge < -0.3 is 16.4 Å². The van der Waals surface area contributed by atoms with Gasteiger partial charge in [-0.1, -0.05) is 36.4 Å². The van der Waals surface area contributed by atoms with E-state index in [-0.39, 0.29) is 17.8 Å². The lowest BCUT2D eigenvalue weighted by Crippen LogP contribution is -2.34. The molecule has 0 aliphatic carbocycles. The zero-order chi connectivity index (χ0) is 21.5. The maximum absolute atomic E-state index is 14.1. The van der Waals surface area contributed by atoms with E-state index < -0.39 is 23.4 Å². The molecule has 0 fully saturated rings. The van der Waals surface area contributed by atoms with Crippen LogP contribution >= 0.6 is 0 Å². The molecule has 0 bridgehead atoms. The molecule has 2 amide bonds. The van der Waals surface area contributed by atoms with Crippen LogP contribution in [0.3, 0.4) is 0 Å². The molecule has 0 radical (unpaired) electrons. The van der Waals surface area contributed by atoms with Gasteiger partial charge in [0, 0.05) is 29.4 Å². The Hall–Kier alpha value is -4.00. The highest BCUT2D eigenvalue weighted by molar-refractivity contribution is 6.05. The van der Waals surface area contributed by atoms with E-state index in [9.17, 15) is 18.4 Å². The molecule has 0 spiro atoms. The summed E-state index contributed by atoms with van der Waals surface area (Å²) in [5.41, 5.74) is 7.15. The van der Waals surface area contributed by atoms with E-state index in [1.54, 1.807) is 54.6 Å². The van der Waals surface area contributed by atoms with Crippen LogP contribution in [-0.4, -0.2) is 11.8 Å². The van der Waals surface area contributed by atoms with Crippen molar-refractivity contribution in [3.63, 3.8) is 0 Å². The van der Waals surface area contributed by atoms with E-state index in [4.69, 9.17) is 5.73 Å². The number of amides is 2. The monoisotopic (exact) mass is 407 g/mol. The Bertz CT molecular complexity index is 1100. The SMILES string of the molecule is Nc1ccccc1CNC(=O)C(=Cc1ccc(F)cc1F)NC(=O)c1ccccc1. The normalized spacial score (nSPS) is 11.1. The molecule has 0 saturated carbocycles. The Morgan fingerprint density at radius 3 is 2.33 bits per heavy atom. The van der Waals surface area contributed by atoms with E-state index in [1.165, 1.54) is 6.07 Å². The van der Waals surface area contributed by atoms with Gasteiger partial charge in [-0.15, -0.1) is 0 Å². The lowest BCUT2D eigenvalue weighted by atomic mass is 10.1. The number of para-hydroxylation sites is 1. The highest BCUT2D eigenvalue weighted by atomic mass is 19.1. The van der Waals surface area contributed by atoms with E-state index >= 15 is 0 Å². The van der Waals surface area contributed by atoms with E-state index in [1.807, 2.05) is 0 Å². The van der Waals surface area contributed by atoms with Crippen LogP contribution < -0.4 is 16.4 Å². The van der Waals surface area contributed by atoms with Crippen molar-refractivity contribution in [3.8, 4) is 0 Å². The molecule has 0 saturated heterocycles. The number of nitrogens with two attached hydrogens (primary N) is 1. The molecule has 0 aliphatic rings. The van der Waals surface area contributed by atoms with Crippen LogP contribution in [0.1, 0.15) is 21.5 Å². The van der Waals surface area contributed by atoms with Gasteiger partial charge in [-0.3, -0.25) is 9.59 Å². The number of anilines is 1. The molecule has 3 rings (SSSR count). The van der Waals surface area contributed by atoms with Crippen molar-refractivity contribution in [1.82, 2.24) is 10.6 Å². The van der Waals surface area contributed by atoms with Crippen LogP contribution in [-0.2, 0) is 11.3 Å². The number of carbonyl (C=O) groups is 2. The van der Waals surface area contributed by atoms with Gasteiger partial charge in [0.15, 0.2) is 0 Å². The number of nitrogens with one attached hydrogen (secondary N) is 2. The quantitative estimate of drug-likeness (QED) is 0.431. The molecule has 0 heterocycles. The Morgan fingerprint density at radius 2 is 1.63 bits per heavy atom. The van der Waals surface area contributed by atoms with Crippen LogP contribution in [0.5, 0.6) is 0 Å². The molecular formula is C23H19F2N3O2. The summed E-state index contributed by atoms with van der Waals surface area (Å²) in [6.45, 7) is 0.107. The lowest BCUT2D eigenvalue weighted by molar-refractivity contribution is -0.117. The molecule has 3 aromatic carbocycles. The van der Waals surface area contributed by atoms with Gasteiger partial charge in [0.1, 0.15) is 17.3 Å². The topological polar surface area (TPSA) is 84.2 Å². The fourth-order valence-corrected chi connectivity index (χ4v) is 2.68. The maximum Gasteiger partial charge on any atom is 0.268 e. The summed E-state index contributed by atoms with van der Waals surface area (Å²) >= 11 is 0. The molecule has 3 aromatic rings. The van der Waals surface area contributed by atoms with Gasteiger partial charge in [-0.05, 0) is 42.0 Å². The number of benzene rings is 3. The van der Waals surface area contributed by atoms with Crippen molar-refractivity contribution >= 4 is 23.6 Å². The van der Waals surface area contributed by atoms with Crippen LogP contribution in [0, 0.1) is 11.6 Å². The molecule has 0 unspecified atom stereocenters. The largest absolute Gasteiger partial charge is 0.398 e. The zero-order valence-electron chi connectivity index (χ0n) is 15.9. The fourth-order valence-electron chi connectivity index (χ4n) is 2.68. The summed E-state index contributed by atoms with van der Waals surface area (Å²) in [4.78, 5) is 25.3. The van der Waals surface area contributed by atoms with Crippen molar-refractivity contribution in [1.29, 1.82) is 0 Å². The van der Waals surface area contributed by atoms with Crippen LogP contribution in [0.25, 0.3) is 6.08 Å². The molecule has 0 atom stereocenters. The predicted octanol–water partition coefficient (Wildman–Crippen LogP) is 3.63. The lowest BCUT2D eigenvalue weighted by Gasteiger charge is -2.12. The molecule has 4 N–H and O–H groups in total. The summed E-state index contributed by atoms with van der Waals surface area (Å²) in [5, 5.41) is 5.14. The smallest absolute Gasteiger partial charge is 0.268 e. The number of rotatable bonds is 6. The molecular weight excluding hydrogens is 388 g/mol. The number of carbonyl (C=O) groups excluding carboxylic acids is 2. The Balaban J connectivity index is 1.86. The summed E-state index contributed by atoms with van der Waals surface area (Å²) in [7, 11) is 0. The third-order valence-corrected chi connectivity index (χ3v) is 4.29. The first-order valence-electron chi connectivity index (χ1n) is 9.09. The van der Waals surface area contributed by atoms with Crippen molar-refractivity contribution < 1.29 is 18.4 Å². The minimum Gasteiger partial charge on any atom is -0.398 e. The second-order valence-electron chi connectivity index (χ2n) is 6.43. The van der Waals surface area contributed by atoms with E-state index in [2.05, 4.69) is 10.6 Å². The first-order valence-corrected chi connectivity index (χ1v) is 9.09. The molecule has 5 nitrogen and oxygen atoms in total. The maximum atomic E-state index is 14.1. The fraction of sp³-hybridized carbons (Fsp3) is 0.0435. The van der Waals surface area contributed by atoms with Gasteiger partial charge in [0.25, 0.3) is 11.8 Å². The second-order valence-corrected chi connectivity index (χ2v) is 6.43. The predicted molar refractivity (Wildman–Crippen MR) is 111 cm³/mol. The first-order chi connectivity index (χ1) is 14.4. The summed E-state index contributed by atoms with van der Waals surface area (Å²) in [6.07, 6.45) is 1.15. The van der Waals surface area contributed by atoms with Crippen molar-refractivity contribution in [2.45, 2.75) is 6.54 Å². The zero-order valence-corrected chi connectivity index (χ0v) is 15.9. The van der Waals surface area contributed by atoms with Gasteiger partial charge in [-0.25, -0.2) is 8.78 Å². The van der Waals surface area contributed by atoms with Crippen LogP contribution in [0.4, 0.5) is 14.5 Å². The first kappa shape index (κ1) is 20.7. The summed E-state index contributed by atoms with van der Waals surface area (Å²) in [6, 6.07) is 18.2. The van der Waals surface area contributed by atoms with Gasteiger partial charge >= 0.3 is 0 Å². The second kappa shape index (κ2) is 9.47. The summed E-state index contributed by atoms with van der Waals surface area (Å²) < 4.78 is 27.3. The highest BCUT2D eigenvalue weighted by Gasteiger charge is 2.16. The third-order valence-electron chi connectivity index (χ3n) is 4.29. The molecule has 0 aliphatic heterocycles. The Morgan fingerprint density at radius 1 is 0.933 bits per heavy atom. The van der Waals surface area contributed by atoms with Crippen molar-refractivity contribution in [3.05, 3.63) is 107 Å². The minimum absolute atomic E-state index is 0.0471. The summed E-state index contributed by atoms with van der Waals surface area (Å²) in [5.74, 6) is -2.80. The Kier molecular flexibility index (Phi) is 6.54. The van der Waals surface area contributed by atoms with Crippen molar-refractivity contribution in [2.75, 3.05) is 5.73 Å². The molecule has 0 aromatic heterocycles. The van der Waals surface area contributed by atoms with Crippen molar-refractivity contribution in [2.24, 2.45) is 0 Å². The average molecular weight is 407 g/mol. The average Bonchev–Trinajstić information content (AvgIpc) is 2.74. The van der Waals surface area contributed by atoms with Gasteiger partial charge in [0.2, 0.25) is 0 Å². The minimum atomic E-state index is -0.860. The van der Waals surface area contributed by atoms with Crippen LogP contribution in [0.15, 0.2) is 78.5 Å². The van der Waals surface area contributed by atoms with Gasteiger partial charge in [-0.2, -0.15) is 0 Å². The number of nitrogen functional groups attached to an aromatic ring is 1.